The summed E-state index contributed by atoms with van der Waals surface area (Å²) in [6.45, 7) is 0.403. The highest BCUT2D eigenvalue weighted by Gasteiger charge is 2.12. The van der Waals surface area contributed by atoms with Crippen molar-refractivity contribution >= 4 is 28.5 Å². The van der Waals surface area contributed by atoms with Crippen LogP contribution in [0.15, 0.2) is 52.9 Å². The molecular weight excluding hydrogens is 305 g/mol. The minimum Gasteiger partial charge on any atom is -0.451 e. The van der Waals surface area contributed by atoms with Crippen molar-refractivity contribution in [3.8, 4) is 0 Å². The van der Waals surface area contributed by atoms with Crippen molar-refractivity contribution < 1.29 is 13.6 Å². The molecule has 5 heteroatoms. The van der Waals surface area contributed by atoms with Gasteiger partial charge in [-0.1, -0.05) is 23.7 Å². The van der Waals surface area contributed by atoms with Gasteiger partial charge in [-0.3, -0.25) is 4.79 Å². The molecule has 0 saturated heterocycles. The molecule has 0 saturated carbocycles. The molecule has 1 heterocycles. The van der Waals surface area contributed by atoms with Crippen molar-refractivity contribution in [2.24, 2.45) is 0 Å². The highest BCUT2D eigenvalue weighted by Crippen LogP contribution is 2.22. The van der Waals surface area contributed by atoms with E-state index in [1.54, 1.807) is 30.3 Å². The fraction of sp³-hybridized carbons (Fsp3) is 0.118. The van der Waals surface area contributed by atoms with Crippen LogP contribution in [-0.4, -0.2) is 12.5 Å². The highest BCUT2D eigenvalue weighted by atomic mass is 35.5. The van der Waals surface area contributed by atoms with E-state index in [9.17, 15) is 9.18 Å². The fourth-order valence-electron chi connectivity index (χ4n) is 2.23. The first-order valence-corrected chi connectivity index (χ1v) is 7.21. The molecule has 2 aromatic carbocycles. The van der Waals surface area contributed by atoms with Gasteiger partial charge < -0.3 is 9.73 Å². The molecular formula is C17H13ClFNO2. The predicted molar refractivity (Wildman–Crippen MR) is 83.7 cm³/mol. The maximum Gasteiger partial charge on any atom is 0.287 e. The van der Waals surface area contributed by atoms with E-state index in [2.05, 4.69) is 5.32 Å². The van der Waals surface area contributed by atoms with Crippen LogP contribution in [0.3, 0.4) is 0 Å². The van der Waals surface area contributed by atoms with E-state index >= 15 is 0 Å². The zero-order valence-corrected chi connectivity index (χ0v) is 12.4. The lowest BCUT2D eigenvalue weighted by molar-refractivity contribution is 0.0928. The summed E-state index contributed by atoms with van der Waals surface area (Å²) in [5, 5.41) is 4.12. The first-order valence-electron chi connectivity index (χ1n) is 6.83. The molecule has 0 radical (unpaired) electrons. The molecule has 0 aliphatic carbocycles. The van der Waals surface area contributed by atoms with Crippen molar-refractivity contribution in [2.45, 2.75) is 6.42 Å². The van der Waals surface area contributed by atoms with E-state index < -0.39 is 0 Å². The molecule has 1 N–H and O–H groups in total. The molecule has 1 amide bonds. The summed E-state index contributed by atoms with van der Waals surface area (Å²) >= 11 is 5.90. The Balaban J connectivity index is 1.63. The van der Waals surface area contributed by atoms with Gasteiger partial charge in [0.25, 0.3) is 5.91 Å². The number of halogens is 2. The molecule has 1 aromatic heterocycles. The fourth-order valence-corrected chi connectivity index (χ4v) is 2.41. The average Bonchev–Trinajstić information content (AvgIpc) is 2.90. The summed E-state index contributed by atoms with van der Waals surface area (Å²) in [6.07, 6.45) is 0.551. The lowest BCUT2D eigenvalue weighted by Crippen LogP contribution is -2.25. The van der Waals surface area contributed by atoms with Crippen LogP contribution >= 0.6 is 11.6 Å². The number of furan rings is 1. The van der Waals surface area contributed by atoms with E-state index in [1.807, 2.05) is 6.07 Å². The lowest BCUT2D eigenvalue weighted by Gasteiger charge is -2.03. The van der Waals surface area contributed by atoms with Gasteiger partial charge in [0.15, 0.2) is 5.76 Å². The monoisotopic (exact) mass is 317 g/mol. The molecule has 3 aromatic rings. The summed E-state index contributed by atoms with van der Waals surface area (Å²) in [5.41, 5.74) is 1.44. The van der Waals surface area contributed by atoms with Crippen molar-refractivity contribution in [2.75, 3.05) is 6.54 Å². The molecule has 112 valence electrons. The van der Waals surface area contributed by atoms with Gasteiger partial charge in [-0.15, -0.1) is 0 Å². The summed E-state index contributed by atoms with van der Waals surface area (Å²) in [5.74, 6) is -0.349. The first-order chi connectivity index (χ1) is 10.6. The standard InChI is InChI=1S/C17H13ClFNO2/c18-13-4-5-15-12(9-13)10-16(22-15)17(21)20-7-6-11-2-1-3-14(19)8-11/h1-5,8-10H,6-7H2,(H,20,21). The van der Waals surface area contributed by atoms with Gasteiger partial charge in [-0.05, 0) is 48.4 Å². The Morgan fingerprint density at radius 2 is 2.05 bits per heavy atom. The SMILES string of the molecule is O=C(NCCc1cccc(F)c1)c1cc2cc(Cl)ccc2o1. The quantitative estimate of drug-likeness (QED) is 0.783. The van der Waals surface area contributed by atoms with Crippen LogP contribution in [0.1, 0.15) is 16.1 Å². The van der Waals surface area contributed by atoms with E-state index in [0.717, 1.165) is 10.9 Å². The summed E-state index contributed by atoms with van der Waals surface area (Å²) in [6, 6.07) is 13.1. The second kappa shape index (κ2) is 6.20. The Kier molecular flexibility index (Phi) is 4.11. The number of fused-ring (bicyclic) bond motifs is 1. The van der Waals surface area contributed by atoms with Crippen molar-refractivity contribution in [1.82, 2.24) is 5.32 Å². The van der Waals surface area contributed by atoms with Gasteiger partial charge >= 0.3 is 0 Å². The number of nitrogens with one attached hydrogen (secondary N) is 1. The van der Waals surface area contributed by atoms with Gasteiger partial charge in [0.1, 0.15) is 11.4 Å². The maximum absolute atomic E-state index is 13.1. The number of carbonyl (C=O) groups excluding carboxylic acids is 1. The number of rotatable bonds is 4. The van der Waals surface area contributed by atoms with Crippen LogP contribution < -0.4 is 5.32 Å². The van der Waals surface area contributed by atoms with Crippen LogP contribution in [0.2, 0.25) is 5.02 Å². The molecule has 3 nitrogen and oxygen atoms in total. The van der Waals surface area contributed by atoms with Crippen LogP contribution in [0.25, 0.3) is 11.0 Å². The number of hydrogen-bond acceptors (Lipinski definition) is 2. The third kappa shape index (κ3) is 3.28. The highest BCUT2D eigenvalue weighted by molar-refractivity contribution is 6.31. The van der Waals surface area contributed by atoms with Crippen molar-refractivity contribution in [3.05, 3.63) is 70.7 Å². The van der Waals surface area contributed by atoms with Crippen LogP contribution in [0.4, 0.5) is 4.39 Å². The second-order valence-electron chi connectivity index (χ2n) is 4.93. The van der Waals surface area contributed by atoms with E-state index in [1.165, 1.54) is 12.1 Å². The Hall–Kier alpha value is -2.33. The van der Waals surface area contributed by atoms with E-state index in [-0.39, 0.29) is 17.5 Å². The largest absolute Gasteiger partial charge is 0.451 e. The minimum absolute atomic E-state index is 0.233. The maximum atomic E-state index is 13.1. The molecule has 0 aliphatic heterocycles. The average molecular weight is 318 g/mol. The summed E-state index contributed by atoms with van der Waals surface area (Å²) in [4.78, 5) is 12.0. The second-order valence-corrected chi connectivity index (χ2v) is 5.37. The number of benzene rings is 2. The number of carbonyl (C=O) groups is 1. The zero-order chi connectivity index (χ0) is 15.5. The first kappa shape index (κ1) is 14.6. The van der Waals surface area contributed by atoms with Crippen LogP contribution in [0.5, 0.6) is 0 Å². The molecule has 0 unspecified atom stereocenters. The summed E-state index contributed by atoms with van der Waals surface area (Å²) < 4.78 is 18.5. The van der Waals surface area contributed by atoms with Crippen LogP contribution in [-0.2, 0) is 6.42 Å². The zero-order valence-electron chi connectivity index (χ0n) is 11.6. The molecule has 0 fully saturated rings. The third-order valence-electron chi connectivity index (χ3n) is 3.29. The smallest absolute Gasteiger partial charge is 0.287 e. The number of hydrogen-bond donors (Lipinski definition) is 1. The van der Waals surface area contributed by atoms with Gasteiger partial charge in [0.2, 0.25) is 0 Å². The molecule has 0 aliphatic rings. The van der Waals surface area contributed by atoms with Crippen LogP contribution in [0, 0.1) is 5.82 Å². The van der Waals surface area contributed by atoms with E-state index in [4.69, 9.17) is 16.0 Å². The van der Waals surface area contributed by atoms with Gasteiger partial charge in [-0.25, -0.2) is 4.39 Å². The Bertz CT molecular complexity index is 828. The number of amides is 1. The van der Waals surface area contributed by atoms with Crippen molar-refractivity contribution in [3.63, 3.8) is 0 Å². The third-order valence-corrected chi connectivity index (χ3v) is 3.53. The topological polar surface area (TPSA) is 42.2 Å². The summed E-state index contributed by atoms with van der Waals surface area (Å²) in [7, 11) is 0. The van der Waals surface area contributed by atoms with Gasteiger partial charge in [0, 0.05) is 17.0 Å². The molecule has 0 spiro atoms. The van der Waals surface area contributed by atoms with Gasteiger partial charge in [0.05, 0.1) is 0 Å². The molecule has 0 bridgehead atoms. The molecule has 3 rings (SSSR count). The molecule has 22 heavy (non-hydrogen) atoms. The predicted octanol–water partition coefficient (Wildman–Crippen LogP) is 4.20. The Morgan fingerprint density at radius 1 is 1.18 bits per heavy atom. The minimum atomic E-state index is -0.302. The Labute approximate surface area is 131 Å². The van der Waals surface area contributed by atoms with Gasteiger partial charge in [-0.2, -0.15) is 0 Å². The normalized spacial score (nSPS) is 10.8. The van der Waals surface area contributed by atoms with Crippen molar-refractivity contribution in [1.29, 1.82) is 0 Å². The van der Waals surface area contributed by atoms with E-state index in [0.29, 0.717) is 23.6 Å². The lowest BCUT2D eigenvalue weighted by atomic mass is 10.1. The Morgan fingerprint density at radius 3 is 2.86 bits per heavy atom. The molecule has 0 atom stereocenters.